The molecule has 1 aliphatic heterocycles. The van der Waals surface area contributed by atoms with Gasteiger partial charge in [0.1, 0.15) is 6.10 Å². The lowest BCUT2D eigenvalue weighted by molar-refractivity contribution is -0.151. The molecule has 17 heavy (non-hydrogen) atoms. The molecule has 0 radical (unpaired) electrons. The molecule has 1 saturated heterocycles. The van der Waals surface area contributed by atoms with Crippen LogP contribution in [0.4, 0.5) is 0 Å². The zero-order valence-corrected chi connectivity index (χ0v) is 10.3. The van der Waals surface area contributed by atoms with Crippen LogP contribution in [0, 0.1) is 0 Å². The van der Waals surface area contributed by atoms with Crippen molar-refractivity contribution >= 4 is 22.8 Å². The van der Waals surface area contributed by atoms with Gasteiger partial charge in [-0.1, -0.05) is 16.9 Å². The van der Waals surface area contributed by atoms with Crippen LogP contribution in [0.5, 0.6) is 0 Å². The lowest BCUT2D eigenvalue weighted by Gasteiger charge is -2.34. The van der Waals surface area contributed by atoms with E-state index in [0.717, 1.165) is 11.8 Å². The van der Waals surface area contributed by atoms with Gasteiger partial charge in [0, 0.05) is 18.8 Å². The molecule has 1 unspecified atom stereocenters. The van der Waals surface area contributed by atoms with Crippen molar-refractivity contribution in [3.63, 3.8) is 0 Å². The van der Waals surface area contributed by atoms with E-state index in [1.807, 2.05) is 0 Å². The minimum atomic E-state index is -0.619. The average molecular weight is 259 g/mol. The summed E-state index contributed by atoms with van der Waals surface area (Å²) < 4.78 is 10.3. The Morgan fingerprint density at radius 2 is 2.18 bits per heavy atom. The number of esters is 1. The number of hydrogen-bond donors (Lipinski definition) is 0. The second-order valence-corrected chi connectivity index (χ2v) is 4.95. The number of carbonyl (C=O) groups is 2. The summed E-state index contributed by atoms with van der Waals surface area (Å²) in [5.74, 6) is -0.468. The van der Waals surface area contributed by atoms with E-state index in [2.05, 4.69) is 10.0 Å². The largest absolute Gasteiger partial charge is 0.461 e. The summed E-state index contributed by atoms with van der Waals surface area (Å²) in [7, 11) is 0. The first-order valence-corrected chi connectivity index (χ1v) is 5.89. The molecule has 3 atom stereocenters. The van der Waals surface area contributed by atoms with E-state index in [-0.39, 0.29) is 17.0 Å². The van der Waals surface area contributed by atoms with Crippen molar-refractivity contribution in [1.82, 2.24) is 0 Å². The van der Waals surface area contributed by atoms with E-state index < -0.39 is 18.1 Å². The van der Waals surface area contributed by atoms with E-state index in [0.29, 0.717) is 6.61 Å². The first-order valence-electron chi connectivity index (χ1n) is 5.01. The van der Waals surface area contributed by atoms with Crippen LogP contribution in [0.25, 0.3) is 10.4 Å². The number of nitrogens with zero attached hydrogens (tertiary/aromatic N) is 3. The van der Waals surface area contributed by atoms with E-state index in [1.165, 1.54) is 13.8 Å². The number of rotatable bonds is 3. The third-order valence-corrected chi connectivity index (χ3v) is 3.17. The first-order chi connectivity index (χ1) is 8.04. The quantitative estimate of drug-likeness (QED) is 0.329. The van der Waals surface area contributed by atoms with Crippen molar-refractivity contribution in [3.05, 3.63) is 10.4 Å². The lowest BCUT2D eigenvalue weighted by Crippen LogP contribution is -2.47. The van der Waals surface area contributed by atoms with Gasteiger partial charge in [0.05, 0.1) is 24.5 Å². The predicted octanol–water partition coefficient (Wildman–Crippen LogP) is 1.28. The third-order valence-electron chi connectivity index (χ3n) is 2.14. The highest BCUT2D eigenvalue weighted by molar-refractivity contribution is 8.14. The maximum Gasteiger partial charge on any atom is 0.302 e. The number of azide groups is 1. The Morgan fingerprint density at radius 3 is 2.71 bits per heavy atom. The second-order valence-electron chi connectivity index (χ2n) is 3.53. The molecule has 0 aromatic carbocycles. The molecule has 0 saturated carbocycles. The van der Waals surface area contributed by atoms with Gasteiger partial charge >= 0.3 is 5.97 Å². The van der Waals surface area contributed by atoms with Crippen LogP contribution in [0.15, 0.2) is 5.11 Å². The minimum Gasteiger partial charge on any atom is -0.461 e. The highest BCUT2D eigenvalue weighted by Gasteiger charge is 2.37. The summed E-state index contributed by atoms with van der Waals surface area (Å²) in [5.41, 5.74) is 8.43. The molecule has 0 amide bonds. The van der Waals surface area contributed by atoms with Crippen LogP contribution in [0.2, 0.25) is 0 Å². The Bertz CT molecular complexity index is 356. The van der Waals surface area contributed by atoms with Gasteiger partial charge in [-0.2, -0.15) is 0 Å². The van der Waals surface area contributed by atoms with Gasteiger partial charge < -0.3 is 9.47 Å². The SMILES string of the molecule is CC(=O)O[C@@H]1C(N=[N+]=[N-])COC[C@H]1SC(C)=O. The monoisotopic (exact) mass is 259 g/mol. The molecule has 1 rings (SSSR count). The van der Waals surface area contributed by atoms with Crippen LogP contribution >= 0.6 is 11.8 Å². The van der Waals surface area contributed by atoms with E-state index in [4.69, 9.17) is 15.0 Å². The van der Waals surface area contributed by atoms with Crippen molar-refractivity contribution in [3.8, 4) is 0 Å². The van der Waals surface area contributed by atoms with Gasteiger partial charge in [-0.05, 0) is 5.53 Å². The summed E-state index contributed by atoms with van der Waals surface area (Å²) in [6.07, 6.45) is -0.619. The van der Waals surface area contributed by atoms with Gasteiger partial charge in [0.2, 0.25) is 0 Å². The highest BCUT2D eigenvalue weighted by Crippen LogP contribution is 2.26. The van der Waals surface area contributed by atoms with Crippen molar-refractivity contribution in [2.75, 3.05) is 13.2 Å². The maximum absolute atomic E-state index is 11.1. The Kier molecular flexibility index (Phi) is 5.27. The van der Waals surface area contributed by atoms with Crippen LogP contribution in [-0.4, -0.2) is 41.7 Å². The first kappa shape index (κ1) is 13.8. The number of thioether (sulfide) groups is 1. The maximum atomic E-state index is 11.1. The molecule has 0 spiro atoms. The van der Waals surface area contributed by atoms with Crippen LogP contribution in [0.3, 0.4) is 0 Å². The molecule has 94 valence electrons. The molecular weight excluding hydrogens is 246 g/mol. The van der Waals surface area contributed by atoms with Gasteiger partial charge in [0.25, 0.3) is 0 Å². The summed E-state index contributed by atoms with van der Waals surface area (Å²) in [4.78, 5) is 24.8. The second kappa shape index (κ2) is 6.48. The molecule has 8 heteroatoms. The van der Waals surface area contributed by atoms with Crippen molar-refractivity contribution in [2.24, 2.45) is 5.11 Å². The lowest BCUT2D eigenvalue weighted by atomic mass is 10.1. The fourth-order valence-electron chi connectivity index (χ4n) is 1.57. The smallest absolute Gasteiger partial charge is 0.302 e. The van der Waals surface area contributed by atoms with E-state index in [9.17, 15) is 9.59 Å². The summed E-state index contributed by atoms with van der Waals surface area (Å²) >= 11 is 1.03. The molecule has 7 nitrogen and oxygen atoms in total. The molecule has 1 aliphatic rings. The number of carbonyl (C=O) groups excluding carboxylic acids is 2. The Labute approximate surface area is 102 Å². The van der Waals surface area contributed by atoms with Gasteiger partial charge in [-0.15, -0.1) is 0 Å². The molecule has 1 heterocycles. The molecule has 0 bridgehead atoms. The standard InChI is InChI=1S/C9H13N3O4S/c1-5(13)16-9-7(11-12-10)3-15-4-8(9)17-6(2)14/h7-9H,3-4H2,1-2H3/t7?,8-,9-/m1/s1. The van der Waals surface area contributed by atoms with Gasteiger partial charge in [-0.25, -0.2) is 0 Å². The number of hydrogen-bond acceptors (Lipinski definition) is 6. The van der Waals surface area contributed by atoms with Crippen LogP contribution < -0.4 is 0 Å². The topological polar surface area (TPSA) is 101 Å². The summed E-state index contributed by atoms with van der Waals surface area (Å²) in [6.45, 7) is 3.18. The van der Waals surface area contributed by atoms with E-state index in [1.54, 1.807) is 0 Å². The molecule has 0 aromatic rings. The fraction of sp³-hybridized carbons (Fsp3) is 0.778. The summed E-state index contributed by atoms with van der Waals surface area (Å²) in [6, 6.07) is -0.588. The molecular formula is C9H13N3O4S. The van der Waals surface area contributed by atoms with Gasteiger partial charge in [-0.3, -0.25) is 9.59 Å². The minimum absolute atomic E-state index is 0.0997. The van der Waals surface area contributed by atoms with Crippen molar-refractivity contribution in [2.45, 2.75) is 31.2 Å². The van der Waals surface area contributed by atoms with Crippen LogP contribution in [0.1, 0.15) is 13.8 Å². The van der Waals surface area contributed by atoms with E-state index >= 15 is 0 Å². The normalized spacial score (nSPS) is 28.0. The Morgan fingerprint density at radius 1 is 1.47 bits per heavy atom. The zero-order valence-electron chi connectivity index (χ0n) is 9.53. The Balaban J connectivity index is 2.81. The number of ether oxygens (including phenoxy) is 2. The molecule has 0 N–H and O–H groups in total. The fourth-order valence-corrected chi connectivity index (χ4v) is 2.53. The van der Waals surface area contributed by atoms with Crippen LogP contribution in [-0.2, 0) is 19.1 Å². The predicted molar refractivity (Wildman–Crippen MR) is 61.4 cm³/mol. The zero-order chi connectivity index (χ0) is 12.8. The molecule has 1 fully saturated rings. The molecule has 0 aromatic heterocycles. The highest BCUT2D eigenvalue weighted by atomic mass is 32.2. The van der Waals surface area contributed by atoms with Gasteiger partial charge in [0.15, 0.2) is 5.12 Å². The third kappa shape index (κ3) is 4.26. The Hall–Kier alpha value is -1.24. The van der Waals surface area contributed by atoms with Crippen molar-refractivity contribution in [1.29, 1.82) is 0 Å². The summed E-state index contributed by atoms with van der Waals surface area (Å²) in [5, 5.41) is 3.10. The van der Waals surface area contributed by atoms with Crippen molar-refractivity contribution < 1.29 is 19.1 Å². The molecule has 0 aliphatic carbocycles. The average Bonchev–Trinajstić information content (AvgIpc) is 2.21.